The van der Waals surface area contributed by atoms with Crippen LogP contribution in [0.3, 0.4) is 0 Å². The average molecular weight is 799 g/mol. The molecule has 1 saturated heterocycles. The third kappa shape index (κ3) is 8.19. The second-order valence-corrected chi connectivity index (χ2v) is 15.8. The molecule has 5 atom stereocenters. The second kappa shape index (κ2) is 18.8. The summed E-state index contributed by atoms with van der Waals surface area (Å²) in [5.41, 5.74) is 6.36. The van der Waals surface area contributed by atoms with Crippen LogP contribution >= 0.6 is 48.1 Å². The van der Waals surface area contributed by atoms with Crippen molar-refractivity contribution in [3.63, 3.8) is 0 Å². The van der Waals surface area contributed by atoms with Crippen molar-refractivity contribution < 1.29 is 23.1 Å². The largest absolute Gasteiger partial charge is 0.462 e. The van der Waals surface area contributed by atoms with Gasteiger partial charge in [-0.15, -0.1) is 0 Å². The van der Waals surface area contributed by atoms with Crippen molar-refractivity contribution in [3.8, 4) is 11.5 Å². The molecule has 1 aliphatic heterocycles. The van der Waals surface area contributed by atoms with E-state index in [4.69, 9.17) is 13.8 Å². The smallest absolute Gasteiger partial charge is 0.413 e. The van der Waals surface area contributed by atoms with E-state index in [9.17, 15) is 9.36 Å². The summed E-state index contributed by atoms with van der Waals surface area (Å²) in [6.07, 6.45) is 9.47. The molecule has 1 heterocycles. The summed E-state index contributed by atoms with van der Waals surface area (Å²) in [6, 6.07) is 26.5. The Kier molecular flexibility index (Phi) is 17.2. The number of allylic oxidation sites excluding steroid dienone is 4. The summed E-state index contributed by atoms with van der Waals surface area (Å²) < 4.78 is 33.6. The van der Waals surface area contributed by atoms with Crippen molar-refractivity contribution in [1.82, 2.24) is 0 Å². The molecule has 9 heteroatoms. The number of carbonyl (C=O) groups excluding carboxylic acids is 1. The highest BCUT2D eigenvalue weighted by Crippen LogP contribution is 2.70. The molecule has 3 aromatic rings. The van der Waals surface area contributed by atoms with Crippen LogP contribution in [0.2, 0.25) is 0 Å². The molecule has 0 aromatic heterocycles. The first kappa shape index (κ1) is 48.4. The highest BCUT2D eigenvalue weighted by Gasteiger charge is 2.66. The van der Waals surface area contributed by atoms with Gasteiger partial charge in [-0.3, -0.25) is 4.79 Å². The summed E-state index contributed by atoms with van der Waals surface area (Å²) in [6.45, 7) is 7.79. The third-order valence-electron chi connectivity index (χ3n) is 11.7. The van der Waals surface area contributed by atoms with E-state index in [0.717, 1.165) is 51.6 Å². The van der Waals surface area contributed by atoms with Crippen molar-refractivity contribution in [2.45, 2.75) is 99.5 Å². The maximum atomic E-state index is 14.6. The lowest BCUT2D eigenvalue weighted by Crippen LogP contribution is -2.52. The molecular formula is C44H63O5PS3. The van der Waals surface area contributed by atoms with Gasteiger partial charge in [0.25, 0.3) is 0 Å². The maximum absolute atomic E-state index is 14.6. The Morgan fingerprint density at radius 3 is 1.91 bits per heavy atom. The lowest BCUT2D eigenvalue weighted by atomic mass is 9.50. The molecule has 0 unspecified atom stereocenters. The van der Waals surface area contributed by atoms with E-state index in [2.05, 4.69) is 25.6 Å². The third-order valence-corrected chi connectivity index (χ3v) is 13.6. The van der Waals surface area contributed by atoms with Crippen molar-refractivity contribution in [3.05, 3.63) is 125 Å². The first-order chi connectivity index (χ1) is 22.3. The van der Waals surface area contributed by atoms with E-state index in [-0.39, 0.29) is 92.9 Å². The highest BCUT2D eigenvalue weighted by molar-refractivity contribution is 7.63. The Bertz CT molecular complexity index is 1760. The monoisotopic (exact) mass is 798 g/mol. The molecule has 53 heavy (non-hydrogen) atoms. The van der Waals surface area contributed by atoms with Gasteiger partial charge in [0.1, 0.15) is 11.5 Å². The highest BCUT2D eigenvalue weighted by atomic mass is 32.1. The normalized spacial score (nSPS) is 26.4. The zero-order valence-corrected chi connectivity index (χ0v) is 31.8. The fourth-order valence-corrected chi connectivity index (χ4v) is 11.2. The molecule has 4 aliphatic carbocycles. The number of rotatable bonds is 6. The quantitative estimate of drug-likeness (QED) is 0.184. The molecule has 2 saturated carbocycles. The molecule has 8 rings (SSSR count). The Morgan fingerprint density at radius 1 is 0.774 bits per heavy atom. The first-order valence-electron chi connectivity index (χ1n) is 16.8. The number of benzene rings is 3. The van der Waals surface area contributed by atoms with Crippen LogP contribution in [0.1, 0.15) is 99.5 Å². The van der Waals surface area contributed by atoms with Crippen molar-refractivity contribution >= 4 is 59.2 Å². The summed E-state index contributed by atoms with van der Waals surface area (Å²) in [5.74, 6) is 2.38. The van der Waals surface area contributed by atoms with Gasteiger partial charge in [-0.1, -0.05) is 97.3 Å². The molecule has 292 valence electrons. The summed E-state index contributed by atoms with van der Waals surface area (Å²) in [5, 5.41) is 0.510. The molecule has 5 nitrogen and oxygen atoms in total. The predicted molar refractivity (Wildman–Crippen MR) is 239 cm³/mol. The van der Waals surface area contributed by atoms with Crippen LogP contribution in [0, 0.1) is 17.3 Å². The Balaban J connectivity index is 0.00000201. The number of ether oxygens (including phenoxy) is 1. The second-order valence-electron chi connectivity index (χ2n) is 14.0. The number of hydrogen-bond acceptors (Lipinski definition) is 5. The van der Waals surface area contributed by atoms with E-state index < -0.39 is 7.60 Å². The minimum atomic E-state index is -3.79. The van der Waals surface area contributed by atoms with Crippen molar-refractivity contribution in [2.24, 2.45) is 17.3 Å². The summed E-state index contributed by atoms with van der Waals surface area (Å²) >= 11 is 0. The van der Waals surface area contributed by atoms with Gasteiger partial charge in [-0.25, -0.2) is 4.57 Å². The predicted octanol–water partition coefficient (Wildman–Crippen LogP) is 12.2. The minimum absolute atomic E-state index is 0. The summed E-state index contributed by atoms with van der Waals surface area (Å²) in [4.78, 5) is 12.5. The number of carbonyl (C=O) groups is 1. The molecule has 3 aromatic carbocycles. The molecule has 5 aliphatic rings. The number of ketones is 1. The number of para-hydroxylation sites is 2. The number of hydrogen-bond donors (Lipinski definition) is 0. The average Bonchev–Trinajstić information content (AvgIpc) is 3.60. The van der Waals surface area contributed by atoms with Crippen LogP contribution in [-0.2, 0) is 14.1 Å². The van der Waals surface area contributed by atoms with Gasteiger partial charge in [-0.05, 0) is 122 Å². The maximum Gasteiger partial charge on any atom is 0.462 e. The van der Waals surface area contributed by atoms with Gasteiger partial charge in [0.15, 0.2) is 5.78 Å². The van der Waals surface area contributed by atoms with Gasteiger partial charge >= 0.3 is 7.60 Å². The van der Waals surface area contributed by atoms with Gasteiger partial charge in [0, 0.05) is 17.8 Å². The van der Waals surface area contributed by atoms with Crippen LogP contribution in [0.4, 0.5) is 0 Å². The van der Waals surface area contributed by atoms with Crippen molar-refractivity contribution in [1.29, 1.82) is 0 Å². The van der Waals surface area contributed by atoms with Crippen molar-refractivity contribution in [2.75, 3.05) is 6.61 Å². The van der Waals surface area contributed by atoms with Gasteiger partial charge in [0.05, 0.1) is 17.5 Å². The molecule has 0 radical (unpaired) electrons. The number of fused-ring (bicyclic) bond motifs is 5. The SMILES string of the molecule is C.C.C.C.C=C1CCO[C@]12CC[C@H]1[C@@H]3CCC4=CC(=O)CCC4=C3[C@@H](c3ccc(P(=O)(Oc4ccccc4)Oc4ccccc4)cc3)C[C@@]12C.S.S.S. The molecular weight excluding hydrogens is 736 g/mol. The Labute approximate surface area is 341 Å². The first-order valence-corrected chi connectivity index (χ1v) is 18.3. The van der Waals surface area contributed by atoms with Gasteiger partial charge < -0.3 is 13.8 Å². The van der Waals surface area contributed by atoms with Gasteiger partial charge in [0.2, 0.25) is 0 Å². The van der Waals surface area contributed by atoms with Crippen LogP contribution < -0.4 is 14.4 Å². The Morgan fingerprint density at radius 2 is 1.36 bits per heavy atom. The minimum Gasteiger partial charge on any atom is -0.413 e. The van der Waals surface area contributed by atoms with E-state index in [1.807, 2.05) is 54.6 Å². The molecule has 0 amide bonds. The molecule has 0 bridgehead atoms. The molecule has 0 N–H and O–H groups in total. The lowest BCUT2D eigenvalue weighted by molar-refractivity contribution is -0.114. The fourth-order valence-electron chi connectivity index (χ4n) is 9.67. The van der Waals surface area contributed by atoms with E-state index in [0.29, 0.717) is 35.1 Å². The standard InChI is InChI=1S/C40H41O5P.4CH4.3H2S/c1-27-22-24-43-40(27)23-21-37-35-19-15-29-25-30(41)16-20-34(29)38(35)36(26-39(37,40)2)28-13-17-33(18-14-28)46(42,44-31-9-5-3-6-10-31)45-32-11-7-4-8-12-32;;;;;;;/h3-14,17-18,25,35-37H,1,15-16,19-24,26H2,2H3;4*1H4;3*1H2/t35-,36+,37-,39-,40+;;;;;;;/m0......./s1. The lowest BCUT2D eigenvalue weighted by Gasteiger charge is -2.55. The zero-order chi connectivity index (χ0) is 31.5. The topological polar surface area (TPSA) is 61.8 Å². The molecule has 1 spiro atoms. The fraction of sp³-hybridized carbons (Fsp3) is 0.432. The van der Waals surface area contributed by atoms with Crippen LogP contribution in [-0.4, -0.2) is 18.0 Å². The van der Waals surface area contributed by atoms with Crippen LogP contribution in [0.15, 0.2) is 120 Å². The van der Waals surface area contributed by atoms with Crippen LogP contribution in [0.5, 0.6) is 11.5 Å². The zero-order valence-electron chi connectivity index (χ0n) is 28.0. The summed E-state index contributed by atoms with van der Waals surface area (Å²) in [7, 11) is -3.79. The van der Waals surface area contributed by atoms with Crippen LogP contribution in [0.25, 0.3) is 0 Å². The van der Waals surface area contributed by atoms with E-state index in [1.165, 1.54) is 27.9 Å². The Hall–Kier alpha value is -2.61. The van der Waals surface area contributed by atoms with E-state index >= 15 is 0 Å². The van der Waals surface area contributed by atoms with Gasteiger partial charge in [-0.2, -0.15) is 40.5 Å². The van der Waals surface area contributed by atoms with E-state index in [1.54, 1.807) is 24.3 Å². The molecule has 3 fully saturated rings.